The van der Waals surface area contributed by atoms with Crippen LogP contribution in [0.25, 0.3) is 0 Å². The third-order valence-electron chi connectivity index (χ3n) is 3.11. The van der Waals surface area contributed by atoms with Crippen molar-refractivity contribution in [2.45, 2.75) is 53.4 Å². The Bertz CT molecular complexity index is 327. The van der Waals surface area contributed by atoms with Gasteiger partial charge < -0.3 is 34.0 Å². The molecule has 0 bridgehead atoms. The van der Waals surface area contributed by atoms with E-state index in [1.54, 1.807) is 0 Å². The van der Waals surface area contributed by atoms with E-state index in [-0.39, 0.29) is 59.8 Å². The van der Waals surface area contributed by atoms with Crippen LogP contribution in [-0.4, -0.2) is 0 Å². The third kappa shape index (κ3) is 8.62. The fraction of sp³-hybridized carbons (Fsp3) is 0.500. The molecule has 0 fully saturated rings. The van der Waals surface area contributed by atoms with Gasteiger partial charge in [-0.2, -0.15) is 12.2 Å². The summed E-state index contributed by atoms with van der Waals surface area (Å²) in [5, 5.41) is 0. The Morgan fingerprint density at radius 1 is 0.842 bits per heavy atom. The first-order valence-electron chi connectivity index (χ1n) is 6.22. The van der Waals surface area contributed by atoms with Crippen LogP contribution in [0, 0.1) is 12.2 Å². The molecule has 2 aliphatic carbocycles. The summed E-state index contributed by atoms with van der Waals surface area (Å²) in [5.74, 6) is 0. The SMILES string of the molecule is CCC1=[C-]CC=C1C.CCC1=[C-]CC=C1C.[Br-].[Br-].[Hf+4]. The molecule has 0 amide bonds. The molecule has 0 heterocycles. The van der Waals surface area contributed by atoms with Gasteiger partial charge in [0.15, 0.2) is 0 Å². The molecule has 0 saturated carbocycles. The minimum Gasteiger partial charge on any atom is -1.00 e. The van der Waals surface area contributed by atoms with Crippen molar-refractivity contribution in [1.82, 2.24) is 0 Å². The first kappa shape index (κ1) is 24.8. The fourth-order valence-electron chi connectivity index (χ4n) is 1.99. The topological polar surface area (TPSA) is 0 Å². The maximum atomic E-state index is 3.28. The van der Waals surface area contributed by atoms with Gasteiger partial charge in [0.05, 0.1) is 0 Å². The predicted molar refractivity (Wildman–Crippen MR) is 70.8 cm³/mol. The van der Waals surface area contributed by atoms with E-state index in [4.69, 9.17) is 0 Å². The summed E-state index contributed by atoms with van der Waals surface area (Å²) < 4.78 is 0. The summed E-state index contributed by atoms with van der Waals surface area (Å²) in [5.41, 5.74) is 5.66. The molecule has 0 spiro atoms. The minimum absolute atomic E-state index is 0. The second kappa shape index (κ2) is 13.8. The van der Waals surface area contributed by atoms with Gasteiger partial charge in [-0.3, -0.25) is 12.2 Å². The molecule has 0 aromatic heterocycles. The maximum absolute atomic E-state index is 3.28. The summed E-state index contributed by atoms with van der Waals surface area (Å²) in [4.78, 5) is 0. The van der Waals surface area contributed by atoms with Crippen LogP contribution < -0.4 is 34.0 Å². The second-order valence-electron chi connectivity index (χ2n) is 4.20. The number of halogens is 2. The Balaban J connectivity index is -0.000000233. The van der Waals surface area contributed by atoms with Crippen LogP contribution in [0.4, 0.5) is 0 Å². The van der Waals surface area contributed by atoms with E-state index < -0.39 is 0 Å². The van der Waals surface area contributed by atoms with Gasteiger partial charge in [0.1, 0.15) is 0 Å². The Kier molecular flexibility index (Phi) is 17.9. The van der Waals surface area contributed by atoms with Crippen molar-refractivity contribution >= 4 is 0 Å². The van der Waals surface area contributed by atoms with Gasteiger partial charge >= 0.3 is 25.8 Å². The molecule has 2 aliphatic rings. The summed E-state index contributed by atoms with van der Waals surface area (Å²) in [7, 11) is 0. The van der Waals surface area contributed by atoms with E-state index in [0.29, 0.717) is 0 Å². The minimum atomic E-state index is 0. The Hall–Kier alpha value is 0.790. The smallest absolute Gasteiger partial charge is 1.00 e. The molecular weight excluding hydrogens is 530 g/mol. The number of allylic oxidation sites excluding steroid dienone is 8. The van der Waals surface area contributed by atoms with Gasteiger partial charge in [-0.15, -0.1) is 26.7 Å². The molecule has 0 aromatic rings. The zero-order chi connectivity index (χ0) is 12.0. The van der Waals surface area contributed by atoms with E-state index in [2.05, 4.69) is 52.0 Å². The molecule has 2 rings (SSSR count). The Morgan fingerprint density at radius 3 is 1.26 bits per heavy atom. The van der Waals surface area contributed by atoms with Gasteiger partial charge in [0.25, 0.3) is 0 Å². The number of hydrogen-bond acceptors (Lipinski definition) is 0. The molecule has 0 N–H and O–H groups in total. The van der Waals surface area contributed by atoms with Crippen LogP contribution in [0.2, 0.25) is 0 Å². The zero-order valence-electron chi connectivity index (χ0n) is 12.2. The molecule has 0 saturated heterocycles. The number of hydrogen-bond donors (Lipinski definition) is 0. The first-order valence-corrected chi connectivity index (χ1v) is 6.22. The molecule has 0 nitrogen and oxygen atoms in total. The summed E-state index contributed by atoms with van der Waals surface area (Å²) >= 11 is 0. The van der Waals surface area contributed by atoms with Crippen LogP contribution >= 0.6 is 0 Å². The van der Waals surface area contributed by atoms with Crippen molar-refractivity contribution in [2.75, 3.05) is 0 Å². The summed E-state index contributed by atoms with van der Waals surface area (Å²) in [6.07, 6.45) is 15.4. The Labute approximate surface area is 158 Å². The van der Waals surface area contributed by atoms with Crippen molar-refractivity contribution in [2.24, 2.45) is 0 Å². The molecular formula is C16H22Br2Hf. The predicted octanol–water partition coefficient (Wildman–Crippen LogP) is -1.04. The van der Waals surface area contributed by atoms with Crippen LogP contribution in [0.5, 0.6) is 0 Å². The number of rotatable bonds is 2. The van der Waals surface area contributed by atoms with Gasteiger partial charge in [-0.05, 0) is 0 Å². The molecule has 104 valence electrons. The van der Waals surface area contributed by atoms with Crippen molar-refractivity contribution < 1.29 is 59.8 Å². The van der Waals surface area contributed by atoms with Crippen molar-refractivity contribution in [3.8, 4) is 0 Å². The van der Waals surface area contributed by atoms with Gasteiger partial charge in [0, 0.05) is 0 Å². The van der Waals surface area contributed by atoms with Crippen LogP contribution in [0.15, 0.2) is 34.4 Å². The van der Waals surface area contributed by atoms with E-state index >= 15 is 0 Å². The van der Waals surface area contributed by atoms with Gasteiger partial charge in [-0.1, -0.05) is 26.7 Å². The van der Waals surface area contributed by atoms with Crippen LogP contribution in [0.1, 0.15) is 53.4 Å². The normalized spacial score (nSPS) is 15.4. The van der Waals surface area contributed by atoms with Gasteiger partial charge in [0.2, 0.25) is 0 Å². The molecule has 3 heteroatoms. The van der Waals surface area contributed by atoms with Crippen molar-refractivity contribution in [1.29, 1.82) is 0 Å². The molecule has 0 aromatic carbocycles. The van der Waals surface area contributed by atoms with E-state index in [1.807, 2.05) is 0 Å². The standard InChI is InChI=1S/2C8H11.2BrH.Hf/c2*1-3-8-6-4-5-7(8)2;;;/h2*5H,3-4H2,1-2H3;2*1H;/q2*-1;;;+4/p-2. The van der Waals surface area contributed by atoms with E-state index in [1.165, 1.54) is 22.3 Å². The molecule has 0 unspecified atom stereocenters. The van der Waals surface area contributed by atoms with Gasteiger partial charge in [-0.25, -0.2) is 22.3 Å². The van der Waals surface area contributed by atoms with E-state index in [0.717, 1.165) is 25.7 Å². The van der Waals surface area contributed by atoms with Crippen molar-refractivity contribution in [3.63, 3.8) is 0 Å². The van der Waals surface area contributed by atoms with E-state index in [9.17, 15) is 0 Å². The van der Waals surface area contributed by atoms with Crippen LogP contribution in [0.3, 0.4) is 0 Å². The molecule has 0 radical (unpaired) electrons. The molecule has 0 aliphatic heterocycles. The quantitative estimate of drug-likeness (QED) is 0.304. The largest absolute Gasteiger partial charge is 4.00 e. The molecule has 0 atom stereocenters. The second-order valence-corrected chi connectivity index (χ2v) is 4.20. The van der Waals surface area contributed by atoms with Crippen molar-refractivity contribution in [3.05, 3.63) is 46.6 Å². The summed E-state index contributed by atoms with van der Waals surface area (Å²) in [6, 6.07) is 0. The average molecular weight is 553 g/mol. The monoisotopic (exact) mass is 552 g/mol. The zero-order valence-corrected chi connectivity index (χ0v) is 19.0. The Morgan fingerprint density at radius 2 is 1.16 bits per heavy atom. The third-order valence-corrected chi connectivity index (χ3v) is 3.11. The molecule has 19 heavy (non-hydrogen) atoms. The van der Waals surface area contributed by atoms with Crippen LogP contribution in [-0.2, 0) is 25.8 Å². The average Bonchev–Trinajstić information content (AvgIpc) is 2.87. The summed E-state index contributed by atoms with van der Waals surface area (Å²) in [6.45, 7) is 8.65. The first-order chi connectivity index (χ1) is 7.69. The maximum Gasteiger partial charge on any atom is 4.00 e. The fourth-order valence-corrected chi connectivity index (χ4v) is 1.99.